The summed E-state index contributed by atoms with van der Waals surface area (Å²) in [6.45, 7) is 1.28. The molecule has 2 N–H and O–H groups in total. The molecule has 2 amide bonds. The largest absolute Gasteiger partial charge is 0.352 e. The van der Waals surface area contributed by atoms with Gasteiger partial charge in [-0.05, 0) is 30.7 Å². The first-order chi connectivity index (χ1) is 11.4. The second-order valence-corrected chi connectivity index (χ2v) is 8.66. The molecule has 0 bridgehead atoms. The molecule has 1 atom stereocenters. The lowest BCUT2D eigenvalue weighted by Crippen LogP contribution is -2.49. The monoisotopic (exact) mass is 373 g/mol. The van der Waals surface area contributed by atoms with Crippen LogP contribution < -0.4 is 10.6 Å². The third kappa shape index (κ3) is 5.88. The molecule has 1 aliphatic rings. The Hall–Kier alpha value is -1.45. The maximum Gasteiger partial charge on any atom is 0.252 e. The number of nitrogens with one attached hydrogen (secondary N) is 2. The van der Waals surface area contributed by atoms with Crippen molar-refractivity contribution in [2.24, 2.45) is 0 Å². The summed E-state index contributed by atoms with van der Waals surface area (Å²) in [6, 6.07) is 1.62. The normalized spacial score (nSPS) is 19.0. The molecule has 9 heteroatoms. The van der Waals surface area contributed by atoms with Crippen LogP contribution in [0.15, 0.2) is 16.8 Å². The molecule has 1 unspecified atom stereocenters. The van der Waals surface area contributed by atoms with Gasteiger partial charge in [0.25, 0.3) is 5.91 Å². The average Bonchev–Trinajstić information content (AvgIpc) is 3.05. The van der Waals surface area contributed by atoms with E-state index in [2.05, 4.69) is 10.6 Å². The Kier molecular flexibility index (Phi) is 6.76. The van der Waals surface area contributed by atoms with E-state index in [-0.39, 0.29) is 17.9 Å². The zero-order valence-electron chi connectivity index (χ0n) is 13.7. The summed E-state index contributed by atoms with van der Waals surface area (Å²) in [5, 5.41) is 9.27. The van der Waals surface area contributed by atoms with Crippen LogP contribution in [0.1, 0.15) is 36.0 Å². The van der Waals surface area contributed by atoms with Gasteiger partial charge in [-0.1, -0.05) is 0 Å². The number of thiophene rings is 1. The van der Waals surface area contributed by atoms with Gasteiger partial charge in [0.15, 0.2) is 0 Å². The standard InChI is InChI=1S/C15H23N3O4S2/c1-24(21,22)18-8-3-4-13(10-18)17-14(19)5-2-7-16-15(20)12-6-9-23-11-12/h6,9,11,13H,2-5,7-8,10H2,1H3,(H,16,20)(H,17,19). The fourth-order valence-electron chi connectivity index (χ4n) is 2.61. The Morgan fingerprint density at radius 1 is 1.42 bits per heavy atom. The van der Waals surface area contributed by atoms with Gasteiger partial charge in [0.05, 0.1) is 6.26 Å². The van der Waals surface area contributed by atoms with Crippen molar-refractivity contribution in [2.45, 2.75) is 31.7 Å². The van der Waals surface area contributed by atoms with Crippen molar-refractivity contribution in [1.82, 2.24) is 14.9 Å². The van der Waals surface area contributed by atoms with Crippen molar-refractivity contribution < 1.29 is 18.0 Å². The van der Waals surface area contributed by atoms with Gasteiger partial charge < -0.3 is 10.6 Å². The van der Waals surface area contributed by atoms with Crippen LogP contribution in [-0.2, 0) is 14.8 Å². The molecular weight excluding hydrogens is 350 g/mol. The zero-order valence-corrected chi connectivity index (χ0v) is 15.3. The second kappa shape index (κ2) is 8.59. The fourth-order valence-corrected chi connectivity index (χ4v) is 4.16. The Bertz CT molecular complexity index is 658. The minimum atomic E-state index is -3.21. The topological polar surface area (TPSA) is 95.6 Å². The molecule has 0 spiro atoms. The van der Waals surface area contributed by atoms with E-state index in [0.29, 0.717) is 38.0 Å². The predicted molar refractivity (Wildman–Crippen MR) is 93.5 cm³/mol. The highest BCUT2D eigenvalue weighted by molar-refractivity contribution is 7.88. The molecule has 7 nitrogen and oxygen atoms in total. The van der Waals surface area contributed by atoms with Crippen LogP contribution in [0.4, 0.5) is 0 Å². The van der Waals surface area contributed by atoms with Gasteiger partial charge in [-0.15, -0.1) is 0 Å². The lowest BCUT2D eigenvalue weighted by molar-refractivity contribution is -0.122. The van der Waals surface area contributed by atoms with E-state index >= 15 is 0 Å². The molecule has 1 aromatic heterocycles. The van der Waals surface area contributed by atoms with Gasteiger partial charge in [-0.2, -0.15) is 11.3 Å². The number of carbonyl (C=O) groups is 2. The van der Waals surface area contributed by atoms with Gasteiger partial charge in [0, 0.05) is 43.0 Å². The van der Waals surface area contributed by atoms with Gasteiger partial charge in [0.2, 0.25) is 15.9 Å². The van der Waals surface area contributed by atoms with Crippen molar-refractivity contribution in [1.29, 1.82) is 0 Å². The first-order valence-corrected chi connectivity index (χ1v) is 10.7. The Balaban J connectivity index is 1.65. The van der Waals surface area contributed by atoms with Crippen LogP contribution in [0, 0.1) is 0 Å². The van der Waals surface area contributed by atoms with Gasteiger partial charge >= 0.3 is 0 Å². The van der Waals surface area contributed by atoms with Crippen LogP contribution >= 0.6 is 11.3 Å². The number of sulfonamides is 1. The van der Waals surface area contributed by atoms with E-state index in [0.717, 1.165) is 12.8 Å². The van der Waals surface area contributed by atoms with Gasteiger partial charge in [-0.3, -0.25) is 9.59 Å². The fraction of sp³-hybridized carbons (Fsp3) is 0.600. The molecule has 1 aliphatic heterocycles. The molecule has 2 rings (SSSR count). The predicted octanol–water partition coefficient (Wildman–Crippen LogP) is 0.798. The van der Waals surface area contributed by atoms with E-state index in [4.69, 9.17) is 0 Å². The smallest absolute Gasteiger partial charge is 0.252 e. The highest BCUT2D eigenvalue weighted by Crippen LogP contribution is 2.13. The summed E-state index contributed by atoms with van der Waals surface area (Å²) >= 11 is 1.46. The van der Waals surface area contributed by atoms with Crippen molar-refractivity contribution in [3.63, 3.8) is 0 Å². The number of rotatable bonds is 7. The molecule has 1 aromatic rings. The van der Waals surface area contributed by atoms with Crippen LogP contribution in [0.3, 0.4) is 0 Å². The summed E-state index contributed by atoms with van der Waals surface area (Å²) < 4.78 is 24.5. The van der Waals surface area contributed by atoms with E-state index in [1.54, 1.807) is 11.4 Å². The lowest BCUT2D eigenvalue weighted by Gasteiger charge is -2.31. The number of hydrogen-bond acceptors (Lipinski definition) is 5. The maximum absolute atomic E-state index is 12.0. The highest BCUT2D eigenvalue weighted by atomic mass is 32.2. The summed E-state index contributed by atoms with van der Waals surface area (Å²) in [6.07, 6.45) is 3.57. The Labute approximate surface area is 146 Å². The summed E-state index contributed by atoms with van der Waals surface area (Å²) in [5.74, 6) is -0.243. The molecule has 2 heterocycles. The van der Waals surface area contributed by atoms with Gasteiger partial charge in [-0.25, -0.2) is 12.7 Å². The van der Waals surface area contributed by atoms with E-state index in [9.17, 15) is 18.0 Å². The summed E-state index contributed by atoms with van der Waals surface area (Å²) in [7, 11) is -3.21. The SMILES string of the molecule is CS(=O)(=O)N1CCCC(NC(=O)CCCNC(=O)c2ccsc2)C1. The molecule has 0 aromatic carbocycles. The number of nitrogens with zero attached hydrogens (tertiary/aromatic N) is 1. The molecule has 1 fully saturated rings. The van der Waals surface area contributed by atoms with Crippen molar-refractivity contribution in [3.8, 4) is 0 Å². The van der Waals surface area contributed by atoms with E-state index in [1.165, 1.54) is 21.9 Å². The number of amides is 2. The number of hydrogen-bond donors (Lipinski definition) is 2. The minimum absolute atomic E-state index is 0.111. The molecular formula is C15H23N3O4S2. The Morgan fingerprint density at radius 2 is 2.21 bits per heavy atom. The molecule has 0 radical (unpaired) electrons. The highest BCUT2D eigenvalue weighted by Gasteiger charge is 2.26. The van der Waals surface area contributed by atoms with Crippen molar-refractivity contribution in [3.05, 3.63) is 22.4 Å². The van der Waals surface area contributed by atoms with E-state index in [1.807, 2.05) is 5.38 Å². The average molecular weight is 374 g/mol. The molecule has 24 heavy (non-hydrogen) atoms. The quantitative estimate of drug-likeness (QED) is 0.691. The zero-order chi connectivity index (χ0) is 17.6. The Morgan fingerprint density at radius 3 is 2.88 bits per heavy atom. The van der Waals surface area contributed by atoms with E-state index < -0.39 is 10.0 Å². The van der Waals surface area contributed by atoms with Gasteiger partial charge in [0.1, 0.15) is 0 Å². The van der Waals surface area contributed by atoms with Crippen LogP contribution in [0.25, 0.3) is 0 Å². The van der Waals surface area contributed by atoms with Crippen molar-refractivity contribution in [2.75, 3.05) is 25.9 Å². The molecule has 0 saturated carbocycles. The van der Waals surface area contributed by atoms with Crippen LogP contribution in [0.5, 0.6) is 0 Å². The summed E-state index contributed by atoms with van der Waals surface area (Å²) in [5.41, 5.74) is 0.632. The molecule has 0 aliphatic carbocycles. The number of piperidine rings is 1. The van der Waals surface area contributed by atoms with Crippen LogP contribution in [0.2, 0.25) is 0 Å². The third-order valence-electron chi connectivity index (χ3n) is 3.87. The summed E-state index contributed by atoms with van der Waals surface area (Å²) in [4.78, 5) is 23.7. The third-order valence-corrected chi connectivity index (χ3v) is 5.82. The first-order valence-electron chi connectivity index (χ1n) is 7.91. The van der Waals surface area contributed by atoms with Crippen molar-refractivity contribution >= 4 is 33.2 Å². The maximum atomic E-state index is 12.0. The molecule has 134 valence electrons. The molecule has 1 saturated heterocycles. The number of carbonyl (C=O) groups excluding carboxylic acids is 2. The second-order valence-electron chi connectivity index (χ2n) is 5.90. The minimum Gasteiger partial charge on any atom is -0.352 e. The lowest BCUT2D eigenvalue weighted by atomic mass is 10.1. The first kappa shape index (κ1) is 18.9. The van der Waals surface area contributed by atoms with Crippen LogP contribution in [-0.4, -0.2) is 56.5 Å².